The third-order valence-corrected chi connectivity index (χ3v) is 4.39. The van der Waals surface area contributed by atoms with Gasteiger partial charge in [-0.25, -0.2) is 0 Å². The Kier molecular flexibility index (Phi) is 7.10. The molecule has 3 rings (SSSR count). The van der Waals surface area contributed by atoms with Crippen LogP contribution in [0.15, 0.2) is 54.7 Å². The first-order valence-corrected chi connectivity index (χ1v) is 9.40. The number of nitrogens with one attached hydrogen (secondary N) is 2. The van der Waals surface area contributed by atoms with Gasteiger partial charge in [0.1, 0.15) is 6.61 Å². The van der Waals surface area contributed by atoms with Gasteiger partial charge in [0.25, 0.3) is 5.91 Å². The van der Waals surface area contributed by atoms with E-state index in [0.717, 1.165) is 16.5 Å². The zero-order chi connectivity index (χ0) is 20.5. The molecule has 0 saturated carbocycles. The molecule has 0 atom stereocenters. The Hall–Kier alpha value is -3.48. The third-order valence-electron chi connectivity index (χ3n) is 4.39. The zero-order valence-corrected chi connectivity index (χ0v) is 16.3. The Morgan fingerprint density at radius 2 is 1.79 bits per heavy atom. The number of benzene rings is 2. The second kappa shape index (κ2) is 10.2. The topological polar surface area (TPSA) is 89.7 Å². The molecule has 1 heterocycles. The van der Waals surface area contributed by atoms with Crippen LogP contribution < -0.4 is 14.8 Å². The fourth-order valence-electron chi connectivity index (χ4n) is 2.93. The molecule has 7 nitrogen and oxygen atoms in total. The number of methoxy groups -OCH3 is 1. The molecule has 0 fully saturated rings. The van der Waals surface area contributed by atoms with Gasteiger partial charge in [-0.3, -0.25) is 9.59 Å². The van der Waals surface area contributed by atoms with Gasteiger partial charge in [-0.15, -0.1) is 0 Å². The van der Waals surface area contributed by atoms with E-state index >= 15 is 0 Å². The number of aromatic amines is 1. The van der Waals surface area contributed by atoms with Crippen molar-refractivity contribution in [1.29, 1.82) is 0 Å². The van der Waals surface area contributed by atoms with E-state index in [-0.39, 0.29) is 25.5 Å². The van der Waals surface area contributed by atoms with Gasteiger partial charge >= 0.3 is 5.97 Å². The average Bonchev–Trinajstić information content (AvgIpc) is 3.17. The van der Waals surface area contributed by atoms with Crippen LogP contribution in [0.1, 0.15) is 12.0 Å². The van der Waals surface area contributed by atoms with Gasteiger partial charge in [0.05, 0.1) is 13.7 Å². The summed E-state index contributed by atoms with van der Waals surface area (Å²) in [6.45, 7) is 0.270. The van der Waals surface area contributed by atoms with Gasteiger partial charge in [-0.1, -0.05) is 30.3 Å². The van der Waals surface area contributed by atoms with Crippen LogP contribution in [-0.2, 0) is 20.7 Å². The summed E-state index contributed by atoms with van der Waals surface area (Å²) in [5.74, 6) is 0.459. The first-order chi connectivity index (χ1) is 14.2. The second-order valence-electron chi connectivity index (χ2n) is 6.37. The second-order valence-corrected chi connectivity index (χ2v) is 6.37. The smallest absolute Gasteiger partial charge is 0.306 e. The molecular formula is C22H24N2O5. The van der Waals surface area contributed by atoms with Gasteiger partial charge in [-0.2, -0.15) is 0 Å². The van der Waals surface area contributed by atoms with Crippen LogP contribution in [0.2, 0.25) is 0 Å². The lowest BCUT2D eigenvalue weighted by Crippen LogP contribution is -2.32. The predicted octanol–water partition coefficient (Wildman–Crippen LogP) is 2.85. The number of aryl methyl sites for hydroxylation is 1. The lowest BCUT2D eigenvalue weighted by Gasteiger charge is -2.11. The van der Waals surface area contributed by atoms with Crippen molar-refractivity contribution in [3.8, 4) is 11.5 Å². The van der Waals surface area contributed by atoms with Gasteiger partial charge in [0.2, 0.25) is 0 Å². The van der Waals surface area contributed by atoms with Crippen molar-refractivity contribution in [2.45, 2.75) is 12.8 Å². The van der Waals surface area contributed by atoms with Crippen molar-refractivity contribution >= 4 is 22.8 Å². The van der Waals surface area contributed by atoms with Crippen molar-refractivity contribution in [3.05, 3.63) is 60.3 Å². The molecule has 0 radical (unpaired) electrons. The minimum absolute atomic E-state index is 0.214. The number of para-hydroxylation sites is 3. The Bertz CT molecular complexity index is 967. The molecule has 2 aromatic carbocycles. The van der Waals surface area contributed by atoms with Gasteiger partial charge < -0.3 is 24.5 Å². The fourth-order valence-corrected chi connectivity index (χ4v) is 2.93. The molecule has 0 aliphatic heterocycles. The van der Waals surface area contributed by atoms with E-state index in [9.17, 15) is 9.59 Å². The maximum atomic E-state index is 11.9. The van der Waals surface area contributed by atoms with E-state index in [0.29, 0.717) is 24.5 Å². The molecule has 0 spiro atoms. The molecule has 0 aliphatic rings. The van der Waals surface area contributed by atoms with Crippen molar-refractivity contribution in [3.63, 3.8) is 0 Å². The first kappa shape index (κ1) is 20.3. The van der Waals surface area contributed by atoms with Crippen LogP contribution in [0, 0.1) is 0 Å². The van der Waals surface area contributed by atoms with E-state index in [4.69, 9.17) is 14.2 Å². The monoisotopic (exact) mass is 396 g/mol. The van der Waals surface area contributed by atoms with E-state index in [1.165, 1.54) is 0 Å². The van der Waals surface area contributed by atoms with Crippen LogP contribution in [0.25, 0.3) is 10.9 Å². The van der Waals surface area contributed by atoms with E-state index in [1.807, 2.05) is 42.6 Å². The minimum Gasteiger partial charge on any atom is -0.493 e. The third kappa shape index (κ3) is 5.75. The van der Waals surface area contributed by atoms with E-state index in [2.05, 4.69) is 10.3 Å². The molecule has 0 aliphatic carbocycles. The van der Waals surface area contributed by atoms with Crippen LogP contribution in [-0.4, -0.2) is 43.7 Å². The van der Waals surface area contributed by atoms with Crippen LogP contribution in [0.4, 0.5) is 0 Å². The summed E-state index contributed by atoms with van der Waals surface area (Å²) in [4.78, 5) is 26.9. The number of aromatic nitrogens is 1. The summed E-state index contributed by atoms with van der Waals surface area (Å²) in [5.41, 5.74) is 2.08. The first-order valence-electron chi connectivity index (χ1n) is 9.40. The fraction of sp³-hybridized carbons (Fsp3) is 0.273. The molecule has 0 saturated heterocycles. The number of rotatable bonds is 10. The largest absolute Gasteiger partial charge is 0.493 e. The summed E-state index contributed by atoms with van der Waals surface area (Å²) in [6, 6.07) is 15.2. The van der Waals surface area contributed by atoms with Crippen molar-refractivity contribution in [2.75, 3.05) is 26.9 Å². The number of ether oxygens (including phenoxy) is 3. The van der Waals surface area contributed by atoms with E-state index in [1.54, 1.807) is 19.2 Å². The quantitative estimate of drug-likeness (QED) is 0.406. The number of carbonyl (C=O) groups excluding carboxylic acids is 2. The number of hydrogen-bond acceptors (Lipinski definition) is 5. The number of fused-ring (bicyclic) bond motifs is 1. The SMILES string of the molecule is COc1ccccc1OCCNC(=O)COC(=O)CCc1c[nH]c2ccccc12. The van der Waals surface area contributed by atoms with Crippen molar-refractivity contribution < 1.29 is 23.8 Å². The molecular weight excluding hydrogens is 372 g/mol. The average molecular weight is 396 g/mol. The van der Waals surface area contributed by atoms with Gasteiger partial charge in [-0.05, 0) is 30.2 Å². The highest BCUT2D eigenvalue weighted by molar-refractivity contribution is 5.84. The van der Waals surface area contributed by atoms with Crippen LogP contribution in [0.3, 0.4) is 0 Å². The van der Waals surface area contributed by atoms with Crippen molar-refractivity contribution in [2.24, 2.45) is 0 Å². The summed E-state index contributed by atoms with van der Waals surface area (Å²) in [7, 11) is 1.57. The van der Waals surface area contributed by atoms with Crippen molar-refractivity contribution in [1.82, 2.24) is 10.3 Å². The van der Waals surface area contributed by atoms with Crippen LogP contribution in [0.5, 0.6) is 11.5 Å². The lowest BCUT2D eigenvalue weighted by atomic mass is 10.1. The highest BCUT2D eigenvalue weighted by Gasteiger charge is 2.10. The summed E-state index contributed by atoms with van der Waals surface area (Å²) in [5, 5.41) is 3.74. The number of carbonyl (C=O) groups is 2. The number of amides is 1. The Morgan fingerprint density at radius 3 is 2.62 bits per heavy atom. The predicted molar refractivity (Wildman–Crippen MR) is 109 cm³/mol. The molecule has 0 unspecified atom stereocenters. The molecule has 152 valence electrons. The standard InChI is InChI=1S/C22H24N2O5/c1-27-19-8-4-5-9-20(19)28-13-12-23-21(25)15-29-22(26)11-10-16-14-24-18-7-3-2-6-17(16)18/h2-9,14,24H,10-13,15H2,1H3,(H,23,25). The molecule has 1 aromatic heterocycles. The molecule has 29 heavy (non-hydrogen) atoms. The number of H-pyrrole nitrogens is 1. The summed E-state index contributed by atoms with van der Waals surface area (Å²) >= 11 is 0. The summed E-state index contributed by atoms with van der Waals surface area (Å²) in [6.07, 6.45) is 2.66. The molecule has 2 N–H and O–H groups in total. The minimum atomic E-state index is -0.407. The highest BCUT2D eigenvalue weighted by Crippen LogP contribution is 2.25. The number of esters is 1. The molecule has 3 aromatic rings. The number of hydrogen-bond donors (Lipinski definition) is 2. The Morgan fingerprint density at radius 1 is 1.03 bits per heavy atom. The molecule has 1 amide bonds. The van der Waals surface area contributed by atoms with Gasteiger partial charge in [0.15, 0.2) is 18.1 Å². The molecule has 0 bridgehead atoms. The zero-order valence-electron chi connectivity index (χ0n) is 16.3. The maximum absolute atomic E-state index is 11.9. The molecule has 7 heteroatoms. The highest BCUT2D eigenvalue weighted by atomic mass is 16.5. The summed E-state index contributed by atoms with van der Waals surface area (Å²) < 4.78 is 15.8. The Labute approximate surface area is 169 Å². The Balaban J connectivity index is 1.32. The normalized spacial score (nSPS) is 10.5. The van der Waals surface area contributed by atoms with Crippen LogP contribution >= 0.6 is 0 Å². The maximum Gasteiger partial charge on any atom is 0.306 e. The van der Waals surface area contributed by atoms with E-state index < -0.39 is 5.97 Å². The lowest BCUT2D eigenvalue weighted by molar-refractivity contribution is -0.148. The van der Waals surface area contributed by atoms with Gasteiger partial charge in [0, 0.05) is 23.5 Å².